The Morgan fingerprint density at radius 2 is 0.745 bits per heavy atom. The van der Waals surface area contributed by atoms with E-state index in [4.69, 9.17) is 8.83 Å². The van der Waals surface area contributed by atoms with Gasteiger partial charge in [0.15, 0.2) is 11.2 Å². The highest BCUT2D eigenvalue weighted by Crippen LogP contribution is 2.53. The van der Waals surface area contributed by atoms with Crippen molar-refractivity contribution in [2.75, 3.05) is 4.90 Å². The van der Waals surface area contributed by atoms with E-state index < -0.39 is 0 Å². The van der Waals surface area contributed by atoms with Gasteiger partial charge in [-0.1, -0.05) is 152 Å². The van der Waals surface area contributed by atoms with E-state index in [1.807, 2.05) is 12.1 Å². The molecule has 238 valence electrons. The summed E-state index contributed by atoms with van der Waals surface area (Å²) in [4.78, 5) is 2.40. The molecule has 0 unspecified atom stereocenters. The SMILES string of the molecule is c1ccc2c(-c3c(N(c4cccc5c4oc4ccccc45)c4cccc5c4oc4ccccc45)c4ccccc4c4ccccc34)cccc2c1. The summed E-state index contributed by atoms with van der Waals surface area (Å²) in [6.07, 6.45) is 0. The molecule has 0 saturated heterocycles. The quantitative estimate of drug-likeness (QED) is 0.177. The van der Waals surface area contributed by atoms with Crippen molar-refractivity contribution in [2.24, 2.45) is 0 Å². The number of nitrogens with zero attached hydrogens (tertiary/aromatic N) is 1. The van der Waals surface area contributed by atoms with Crippen LogP contribution in [0, 0.1) is 0 Å². The van der Waals surface area contributed by atoms with Crippen molar-refractivity contribution in [3.8, 4) is 11.1 Å². The lowest BCUT2D eigenvalue weighted by Crippen LogP contribution is -2.13. The lowest BCUT2D eigenvalue weighted by molar-refractivity contribution is 0.666. The molecule has 0 saturated carbocycles. The third-order valence-electron chi connectivity index (χ3n) is 10.4. The molecule has 0 amide bonds. The van der Waals surface area contributed by atoms with Crippen LogP contribution < -0.4 is 4.90 Å². The Balaban J connectivity index is 1.38. The molecule has 51 heavy (non-hydrogen) atoms. The van der Waals surface area contributed by atoms with E-state index in [1.54, 1.807) is 0 Å². The van der Waals surface area contributed by atoms with Crippen molar-refractivity contribution in [3.63, 3.8) is 0 Å². The third kappa shape index (κ3) is 4.06. The standard InChI is InChI=1S/C48H29NO2/c1-2-16-31-30(14-1)15-11-23-36(31)45-37-21-5-3-17-32(37)33-18-4-6-22-38(33)46(45)49(41-26-12-24-39-34-19-7-9-28-43(34)50-47(39)41)42-27-13-25-40-35-20-8-10-29-44(35)51-48(40)42/h1-29H. The van der Waals surface area contributed by atoms with Gasteiger partial charge in [0.25, 0.3) is 0 Å². The molecule has 11 rings (SSSR count). The second-order valence-corrected chi connectivity index (χ2v) is 13.2. The van der Waals surface area contributed by atoms with Gasteiger partial charge < -0.3 is 13.7 Å². The van der Waals surface area contributed by atoms with Gasteiger partial charge in [-0.05, 0) is 56.8 Å². The van der Waals surface area contributed by atoms with E-state index in [-0.39, 0.29) is 0 Å². The lowest BCUT2D eigenvalue weighted by Gasteiger charge is -2.30. The maximum Gasteiger partial charge on any atom is 0.159 e. The number of hydrogen-bond acceptors (Lipinski definition) is 3. The molecule has 2 aromatic heterocycles. The Labute approximate surface area is 293 Å². The summed E-state index contributed by atoms with van der Waals surface area (Å²) in [5.74, 6) is 0. The number of para-hydroxylation sites is 4. The van der Waals surface area contributed by atoms with Crippen LogP contribution in [0.1, 0.15) is 0 Å². The minimum Gasteiger partial charge on any atom is -0.454 e. The van der Waals surface area contributed by atoms with Gasteiger partial charge in [-0.3, -0.25) is 0 Å². The van der Waals surface area contributed by atoms with Gasteiger partial charge in [0.05, 0.1) is 17.1 Å². The van der Waals surface area contributed by atoms with Crippen LogP contribution in [0.2, 0.25) is 0 Å². The van der Waals surface area contributed by atoms with E-state index in [9.17, 15) is 0 Å². The maximum atomic E-state index is 6.82. The second-order valence-electron chi connectivity index (χ2n) is 13.2. The van der Waals surface area contributed by atoms with Crippen LogP contribution >= 0.6 is 0 Å². The Kier molecular flexibility index (Phi) is 5.96. The van der Waals surface area contributed by atoms with Crippen molar-refractivity contribution in [3.05, 3.63) is 176 Å². The summed E-state index contributed by atoms with van der Waals surface area (Å²) in [6, 6.07) is 62.5. The van der Waals surface area contributed by atoms with E-state index in [1.165, 1.54) is 32.5 Å². The predicted octanol–water partition coefficient (Wildman–Crippen LogP) is 14.1. The van der Waals surface area contributed by atoms with Gasteiger partial charge in [0.2, 0.25) is 0 Å². The van der Waals surface area contributed by atoms with Gasteiger partial charge in [-0.25, -0.2) is 0 Å². The van der Waals surface area contributed by atoms with Gasteiger partial charge in [-0.15, -0.1) is 0 Å². The molecule has 0 aliphatic carbocycles. The van der Waals surface area contributed by atoms with Crippen LogP contribution in [-0.2, 0) is 0 Å². The highest BCUT2D eigenvalue weighted by molar-refractivity contribution is 6.26. The van der Waals surface area contributed by atoms with Crippen LogP contribution in [0.3, 0.4) is 0 Å². The van der Waals surface area contributed by atoms with Gasteiger partial charge >= 0.3 is 0 Å². The Bertz CT molecular complexity index is 3050. The fourth-order valence-corrected chi connectivity index (χ4v) is 8.26. The van der Waals surface area contributed by atoms with E-state index in [2.05, 4.69) is 169 Å². The van der Waals surface area contributed by atoms with Crippen LogP contribution in [0.5, 0.6) is 0 Å². The van der Waals surface area contributed by atoms with E-state index >= 15 is 0 Å². The van der Waals surface area contributed by atoms with E-state index in [0.717, 1.165) is 71.9 Å². The molecule has 0 N–H and O–H groups in total. The zero-order valence-corrected chi connectivity index (χ0v) is 27.5. The summed E-state index contributed by atoms with van der Waals surface area (Å²) in [5.41, 5.74) is 8.66. The van der Waals surface area contributed by atoms with E-state index in [0.29, 0.717) is 0 Å². The summed E-state index contributed by atoms with van der Waals surface area (Å²) < 4.78 is 13.6. The zero-order valence-electron chi connectivity index (χ0n) is 27.5. The normalized spacial score (nSPS) is 11.9. The minimum atomic E-state index is 0.827. The van der Waals surface area contributed by atoms with Crippen molar-refractivity contribution >= 4 is 93.3 Å². The average Bonchev–Trinajstić information content (AvgIpc) is 3.77. The topological polar surface area (TPSA) is 29.5 Å². The predicted molar refractivity (Wildman–Crippen MR) is 214 cm³/mol. The van der Waals surface area contributed by atoms with Crippen LogP contribution in [0.15, 0.2) is 185 Å². The number of furan rings is 2. The highest BCUT2D eigenvalue weighted by Gasteiger charge is 2.29. The summed E-state index contributed by atoms with van der Waals surface area (Å²) >= 11 is 0. The molecule has 0 aliphatic rings. The fraction of sp³-hybridized carbons (Fsp3) is 0. The molecule has 0 bridgehead atoms. The van der Waals surface area contributed by atoms with Crippen LogP contribution in [0.4, 0.5) is 17.1 Å². The molecule has 11 aromatic rings. The van der Waals surface area contributed by atoms with Gasteiger partial charge in [0.1, 0.15) is 11.2 Å². The molecular formula is C48H29NO2. The van der Waals surface area contributed by atoms with Gasteiger partial charge in [-0.2, -0.15) is 0 Å². The zero-order chi connectivity index (χ0) is 33.5. The Morgan fingerprint density at radius 3 is 1.37 bits per heavy atom. The minimum absolute atomic E-state index is 0.827. The summed E-state index contributed by atoms with van der Waals surface area (Å²) in [7, 11) is 0. The van der Waals surface area contributed by atoms with Crippen molar-refractivity contribution < 1.29 is 8.83 Å². The Morgan fingerprint density at radius 1 is 0.314 bits per heavy atom. The molecule has 3 nitrogen and oxygen atoms in total. The van der Waals surface area contributed by atoms with Crippen molar-refractivity contribution in [1.29, 1.82) is 0 Å². The second kappa shape index (κ2) is 10.8. The summed E-state index contributed by atoms with van der Waals surface area (Å²) in [5, 5.41) is 11.4. The van der Waals surface area contributed by atoms with Crippen molar-refractivity contribution in [2.45, 2.75) is 0 Å². The molecular weight excluding hydrogens is 623 g/mol. The number of fused-ring (bicyclic) bond motifs is 10. The highest BCUT2D eigenvalue weighted by atomic mass is 16.3. The molecule has 0 spiro atoms. The first-order chi connectivity index (χ1) is 25.3. The third-order valence-corrected chi connectivity index (χ3v) is 10.4. The molecule has 2 heterocycles. The maximum absolute atomic E-state index is 6.82. The monoisotopic (exact) mass is 651 g/mol. The molecule has 9 aromatic carbocycles. The number of hydrogen-bond donors (Lipinski definition) is 0. The molecule has 3 heteroatoms. The average molecular weight is 652 g/mol. The first-order valence-corrected chi connectivity index (χ1v) is 17.4. The molecule has 0 radical (unpaired) electrons. The number of benzene rings is 9. The number of anilines is 3. The van der Waals surface area contributed by atoms with Crippen LogP contribution in [-0.4, -0.2) is 0 Å². The van der Waals surface area contributed by atoms with Crippen LogP contribution in [0.25, 0.3) is 87.3 Å². The summed E-state index contributed by atoms with van der Waals surface area (Å²) in [6.45, 7) is 0. The lowest BCUT2D eigenvalue weighted by atomic mass is 9.88. The largest absolute Gasteiger partial charge is 0.454 e. The Hall–Kier alpha value is -6.84. The fourth-order valence-electron chi connectivity index (χ4n) is 8.26. The van der Waals surface area contributed by atoms with Crippen molar-refractivity contribution in [1.82, 2.24) is 0 Å². The van der Waals surface area contributed by atoms with Gasteiger partial charge in [0, 0.05) is 32.5 Å². The first-order valence-electron chi connectivity index (χ1n) is 17.4. The number of rotatable bonds is 4. The molecule has 0 aliphatic heterocycles. The first kappa shape index (κ1) is 28.0. The molecule has 0 atom stereocenters. The smallest absolute Gasteiger partial charge is 0.159 e. The molecule has 0 fully saturated rings.